The van der Waals surface area contributed by atoms with Gasteiger partial charge in [0, 0.05) is 54.6 Å². The van der Waals surface area contributed by atoms with Gasteiger partial charge in [-0.25, -0.2) is 0 Å². The number of carbonyl (C=O) groups is 2. The van der Waals surface area contributed by atoms with Crippen LogP contribution in [0.2, 0.25) is 0 Å². The first-order valence-corrected chi connectivity index (χ1v) is 9.79. The summed E-state index contributed by atoms with van der Waals surface area (Å²) in [5, 5.41) is 31.3. The highest BCUT2D eigenvalue weighted by molar-refractivity contribution is 6.16. The molecule has 1 amide bonds. The molecular weight excluding hydrogens is 430 g/mol. The first-order valence-electron chi connectivity index (χ1n) is 9.79. The number of hydrogen-bond donors (Lipinski definition) is 1. The second-order valence-electron chi connectivity index (χ2n) is 7.09. The van der Waals surface area contributed by atoms with Gasteiger partial charge >= 0.3 is 0 Å². The Balaban J connectivity index is 2.04. The highest BCUT2D eigenvalue weighted by atomic mass is 16.6. The molecule has 0 saturated heterocycles. The summed E-state index contributed by atoms with van der Waals surface area (Å²) in [6.07, 6.45) is 0.175. The molecule has 168 valence electrons. The smallest absolute Gasteiger partial charge is 0.269 e. The molecule has 0 fully saturated rings. The summed E-state index contributed by atoms with van der Waals surface area (Å²) in [7, 11) is 1.46. The number of carbonyl (C=O) groups excluding carboxylic acids is 2. The van der Waals surface area contributed by atoms with E-state index in [0.29, 0.717) is 5.56 Å². The molecule has 0 atom stereocenters. The Morgan fingerprint density at radius 3 is 1.85 bits per heavy atom. The molecule has 0 aliphatic rings. The summed E-state index contributed by atoms with van der Waals surface area (Å²) >= 11 is 0. The number of aliphatic hydroxyl groups excluding tert-OH is 1. The lowest BCUT2D eigenvalue weighted by Gasteiger charge is -2.24. The Morgan fingerprint density at radius 2 is 1.36 bits per heavy atom. The number of amides is 1. The van der Waals surface area contributed by atoms with Gasteiger partial charge in [0.05, 0.1) is 15.5 Å². The summed E-state index contributed by atoms with van der Waals surface area (Å²) in [5.74, 6) is -0.962. The van der Waals surface area contributed by atoms with Crippen molar-refractivity contribution in [3.05, 3.63) is 109 Å². The Morgan fingerprint density at radius 1 is 0.848 bits per heavy atom. The molecule has 0 aliphatic heterocycles. The molecular formula is C23H19N3O7. The molecule has 3 rings (SSSR count). The van der Waals surface area contributed by atoms with Crippen molar-refractivity contribution in [2.75, 3.05) is 18.6 Å². The van der Waals surface area contributed by atoms with Crippen LogP contribution in [0.15, 0.2) is 66.7 Å². The number of aliphatic hydroxyl groups is 1. The predicted octanol–water partition coefficient (Wildman–Crippen LogP) is 3.55. The minimum absolute atomic E-state index is 0.161. The van der Waals surface area contributed by atoms with Crippen LogP contribution in [0.5, 0.6) is 0 Å². The summed E-state index contributed by atoms with van der Waals surface area (Å²) < 4.78 is 0. The third-order valence-electron chi connectivity index (χ3n) is 5.05. The van der Waals surface area contributed by atoms with Gasteiger partial charge in [0.25, 0.3) is 17.3 Å². The van der Waals surface area contributed by atoms with E-state index in [1.54, 1.807) is 12.1 Å². The van der Waals surface area contributed by atoms with Gasteiger partial charge in [-0.1, -0.05) is 12.1 Å². The molecule has 0 unspecified atom stereocenters. The summed E-state index contributed by atoms with van der Waals surface area (Å²) in [5.41, 5.74) is 1.04. The van der Waals surface area contributed by atoms with Gasteiger partial charge in [0.15, 0.2) is 5.78 Å². The van der Waals surface area contributed by atoms with Crippen molar-refractivity contribution in [2.24, 2.45) is 0 Å². The van der Waals surface area contributed by atoms with Gasteiger partial charge in [0.2, 0.25) is 0 Å². The Labute approximate surface area is 188 Å². The lowest BCUT2D eigenvalue weighted by Crippen LogP contribution is -2.29. The topological polar surface area (TPSA) is 144 Å². The predicted molar refractivity (Wildman–Crippen MR) is 120 cm³/mol. The Kier molecular flexibility index (Phi) is 6.89. The molecule has 10 heteroatoms. The molecule has 3 aromatic carbocycles. The van der Waals surface area contributed by atoms with Gasteiger partial charge in [-0.3, -0.25) is 29.8 Å². The van der Waals surface area contributed by atoms with E-state index in [1.165, 1.54) is 66.5 Å². The normalized spacial score (nSPS) is 10.5. The standard InChI is InChI=1S/C23H19N3O7/c1-24(23(29)17-7-11-19(12-8-17)26(32)33)21-15(13-14-27)3-2-4-20(21)22(28)16-5-9-18(10-6-16)25(30)31/h2-12,27H,13-14H2,1H3. The number of rotatable bonds is 8. The largest absolute Gasteiger partial charge is 0.396 e. The van der Waals surface area contributed by atoms with Crippen molar-refractivity contribution in [2.45, 2.75) is 6.42 Å². The average Bonchev–Trinajstić information content (AvgIpc) is 2.83. The number of nitrogens with zero attached hydrogens (tertiary/aromatic N) is 3. The molecule has 0 bridgehead atoms. The van der Waals surface area contributed by atoms with Crippen LogP contribution in [0, 0.1) is 20.2 Å². The van der Waals surface area contributed by atoms with Crippen LogP contribution in [-0.2, 0) is 6.42 Å². The van der Waals surface area contributed by atoms with Gasteiger partial charge in [-0.2, -0.15) is 0 Å². The highest BCUT2D eigenvalue weighted by Gasteiger charge is 2.24. The van der Waals surface area contributed by atoms with Crippen molar-refractivity contribution in [3.8, 4) is 0 Å². The third-order valence-corrected chi connectivity index (χ3v) is 5.05. The van der Waals surface area contributed by atoms with Crippen LogP contribution in [0.4, 0.5) is 17.1 Å². The number of para-hydroxylation sites is 1. The van der Waals surface area contributed by atoms with E-state index >= 15 is 0 Å². The minimum atomic E-state index is -0.574. The van der Waals surface area contributed by atoms with Gasteiger partial charge in [-0.15, -0.1) is 0 Å². The zero-order chi connectivity index (χ0) is 24.1. The van der Waals surface area contributed by atoms with Gasteiger partial charge in [0.1, 0.15) is 0 Å². The lowest BCUT2D eigenvalue weighted by atomic mass is 9.96. The molecule has 0 saturated carbocycles. The molecule has 0 radical (unpaired) electrons. The molecule has 33 heavy (non-hydrogen) atoms. The van der Waals surface area contributed by atoms with Crippen LogP contribution in [0.1, 0.15) is 31.8 Å². The molecule has 1 N–H and O–H groups in total. The van der Waals surface area contributed by atoms with Crippen LogP contribution in [0.25, 0.3) is 0 Å². The number of nitro groups is 2. The SMILES string of the molecule is CN(C(=O)c1ccc([N+](=O)[O-])cc1)c1c(CCO)cccc1C(=O)c1ccc([N+](=O)[O-])cc1. The van der Waals surface area contributed by atoms with E-state index in [4.69, 9.17) is 0 Å². The fourth-order valence-electron chi connectivity index (χ4n) is 3.40. The molecule has 0 aromatic heterocycles. The maximum atomic E-state index is 13.2. The summed E-state index contributed by atoms with van der Waals surface area (Å²) in [4.78, 5) is 48.2. The van der Waals surface area contributed by atoms with E-state index in [1.807, 2.05) is 0 Å². The second kappa shape index (κ2) is 9.79. The minimum Gasteiger partial charge on any atom is -0.396 e. The van der Waals surface area contributed by atoms with Crippen LogP contribution < -0.4 is 4.90 Å². The van der Waals surface area contributed by atoms with Crippen LogP contribution in [0.3, 0.4) is 0 Å². The Hall–Kier alpha value is -4.44. The molecule has 0 spiro atoms. The maximum Gasteiger partial charge on any atom is 0.269 e. The van der Waals surface area contributed by atoms with Gasteiger partial charge in [-0.05, 0) is 42.3 Å². The number of benzene rings is 3. The molecule has 0 aliphatic carbocycles. The lowest BCUT2D eigenvalue weighted by molar-refractivity contribution is -0.385. The molecule has 3 aromatic rings. The van der Waals surface area contributed by atoms with Crippen molar-refractivity contribution >= 4 is 28.8 Å². The quantitative estimate of drug-likeness (QED) is 0.314. The number of hydrogen-bond acceptors (Lipinski definition) is 7. The third kappa shape index (κ3) is 4.91. The van der Waals surface area contributed by atoms with Crippen LogP contribution >= 0.6 is 0 Å². The number of non-ortho nitro benzene ring substituents is 2. The van der Waals surface area contributed by atoms with Crippen molar-refractivity contribution in [1.29, 1.82) is 0 Å². The van der Waals surface area contributed by atoms with Crippen molar-refractivity contribution in [1.82, 2.24) is 0 Å². The second-order valence-corrected chi connectivity index (χ2v) is 7.09. The molecule has 0 heterocycles. The van der Waals surface area contributed by atoms with E-state index < -0.39 is 21.5 Å². The number of nitro benzene ring substituents is 2. The molecule has 10 nitrogen and oxygen atoms in total. The van der Waals surface area contributed by atoms with Gasteiger partial charge < -0.3 is 10.0 Å². The van der Waals surface area contributed by atoms with Crippen molar-refractivity contribution < 1.29 is 24.5 Å². The first-order chi connectivity index (χ1) is 15.7. The Bertz CT molecular complexity index is 1220. The van der Waals surface area contributed by atoms with E-state index in [0.717, 1.165) is 0 Å². The first kappa shape index (κ1) is 23.2. The monoisotopic (exact) mass is 449 g/mol. The summed E-state index contributed by atoms with van der Waals surface area (Å²) in [6.45, 7) is -0.220. The summed E-state index contributed by atoms with van der Waals surface area (Å²) in [6, 6.07) is 15.0. The maximum absolute atomic E-state index is 13.2. The fourth-order valence-corrected chi connectivity index (χ4v) is 3.40. The van der Waals surface area contributed by atoms with Crippen LogP contribution in [-0.4, -0.2) is 40.3 Å². The number of anilines is 1. The van der Waals surface area contributed by atoms with E-state index in [2.05, 4.69) is 0 Å². The fraction of sp³-hybridized carbons (Fsp3) is 0.130. The zero-order valence-corrected chi connectivity index (χ0v) is 17.5. The average molecular weight is 449 g/mol. The van der Waals surface area contributed by atoms with Crippen molar-refractivity contribution in [3.63, 3.8) is 0 Å². The highest BCUT2D eigenvalue weighted by Crippen LogP contribution is 2.29. The van der Waals surface area contributed by atoms with E-state index in [-0.39, 0.29) is 46.8 Å². The zero-order valence-electron chi connectivity index (χ0n) is 17.5. The number of ketones is 1. The van der Waals surface area contributed by atoms with E-state index in [9.17, 15) is 34.9 Å².